The highest BCUT2D eigenvalue weighted by Crippen LogP contribution is 2.28. The van der Waals surface area contributed by atoms with Gasteiger partial charge in [0.05, 0.1) is 6.61 Å². The van der Waals surface area contributed by atoms with Crippen LogP contribution in [0.3, 0.4) is 0 Å². The van der Waals surface area contributed by atoms with Crippen LogP contribution in [0.4, 0.5) is 0 Å². The van der Waals surface area contributed by atoms with Gasteiger partial charge in [-0.3, -0.25) is 4.90 Å². The van der Waals surface area contributed by atoms with Crippen LogP contribution >= 0.6 is 0 Å². The first kappa shape index (κ1) is 12.1. The Bertz CT molecular complexity index is 353. The lowest BCUT2D eigenvalue weighted by Gasteiger charge is -2.22. The zero-order valence-electron chi connectivity index (χ0n) is 10.0. The lowest BCUT2D eigenvalue weighted by atomic mass is 10.1. The van der Waals surface area contributed by atoms with Crippen LogP contribution in [0.15, 0.2) is 36.9 Å². The highest BCUT2D eigenvalue weighted by molar-refractivity contribution is 5.37. The van der Waals surface area contributed by atoms with Crippen molar-refractivity contribution < 1.29 is 9.84 Å². The summed E-state index contributed by atoms with van der Waals surface area (Å²) in [5, 5.41) is 8.99. The molecule has 0 aromatic heterocycles. The third-order valence-corrected chi connectivity index (χ3v) is 2.98. The highest BCUT2D eigenvalue weighted by atomic mass is 16.5. The van der Waals surface area contributed by atoms with Crippen LogP contribution in [0.2, 0.25) is 0 Å². The fraction of sp³-hybridized carbons (Fsp3) is 0.429. The molecule has 1 aromatic rings. The summed E-state index contributed by atoms with van der Waals surface area (Å²) < 4.78 is 5.87. The van der Waals surface area contributed by atoms with Crippen molar-refractivity contribution in [2.75, 3.05) is 26.2 Å². The first-order valence-electron chi connectivity index (χ1n) is 6.02. The van der Waals surface area contributed by atoms with Gasteiger partial charge in [-0.2, -0.15) is 0 Å². The van der Waals surface area contributed by atoms with E-state index in [1.807, 2.05) is 24.3 Å². The van der Waals surface area contributed by atoms with E-state index in [2.05, 4.69) is 17.5 Å². The molecule has 0 radical (unpaired) electrons. The predicted octanol–water partition coefficient (Wildman–Crippen LogP) is 1.47. The first-order chi connectivity index (χ1) is 8.33. The minimum absolute atomic E-state index is 0.174. The molecule has 3 nitrogen and oxygen atoms in total. The number of hydrogen-bond acceptors (Lipinski definition) is 3. The maximum Gasteiger partial charge on any atom is 0.123 e. The standard InChI is InChI=1S/C14H19NO2/c1-2-7-15(8-9-16)11-13-10-12-5-3-4-6-14(12)17-13/h2-6,13,16H,1,7-11H2. The van der Waals surface area contributed by atoms with Gasteiger partial charge in [0.15, 0.2) is 0 Å². The van der Waals surface area contributed by atoms with Crippen molar-refractivity contribution in [3.8, 4) is 5.75 Å². The van der Waals surface area contributed by atoms with E-state index in [0.717, 1.165) is 25.3 Å². The normalized spacial score (nSPS) is 17.9. The molecule has 1 aliphatic heterocycles. The van der Waals surface area contributed by atoms with Crippen molar-refractivity contribution in [2.24, 2.45) is 0 Å². The van der Waals surface area contributed by atoms with Crippen molar-refractivity contribution in [3.63, 3.8) is 0 Å². The molecule has 1 aromatic carbocycles. The Balaban J connectivity index is 1.91. The van der Waals surface area contributed by atoms with Gasteiger partial charge in [0, 0.05) is 26.1 Å². The third-order valence-electron chi connectivity index (χ3n) is 2.98. The Morgan fingerprint density at radius 1 is 1.47 bits per heavy atom. The van der Waals surface area contributed by atoms with Crippen LogP contribution in [0.25, 0.3) is 0 Å². The molecule has 3 heteroatoms. The van der Waals surface area contributed by atoms with Gasteiger partial charge in [0.2, 0.25) is 0 Å². The molecule has 0 aliphatic carbocycles. The first-order valence-corrected chi connectivity index (χ1v) is 6.02. The zero-order valence-corrected chi connectivity index (χ0v) is 10.0. The van der Waals surface area contributed by atoms with Crippen LogP contribution in [-0.2, 0) is 6.42 Å². The van der Waals surface area contributed by atoms with Gasteiger partial charge in [-0.15, -0.1) is 6.58 Å². The van der Waals surface area contributed by atoms with Crippen molar-refractivity contribution >= 4 is 0 Å². The Morgan fingerprint density at radius 2 is 2.29 bits per heavy atom. The van der Waals surface area contributed by atoms with Gasteiger partial charge in [-0.1, -0.05) is 24.3 Å². The molecule has 1 atom stereocenters. The summed E-state index contributed by atoms with van der Waals surface area (Å²) in [6, 6.07) is 8.16. The summed E-state index contributed by atoms with van der Waals surface area (Å²) in [6.45, 7) is 6.20. The fourth-order valence-electron chi connectivity index (χ4n) is 2.22. The Hall–Kier alpha value is -1.32. The van der Waals surface area contributed by atoms with Crippen LogP contribution in [0, 0.1) is 0 Å². The number of nitrogens with zero attached hydrogens (tertiary/aromatic N) is 1. The Morgan fingerprint density at radius 3 is 3.00 bits per heavy atom. The van der Waals surface area contributed by atoms with E-state index in [0.29, 0.717) is 6.54 Å². The van der Waals surface area contributed by atoms with E-state index in [1.165, 1.54) is 5.56 Å². The topological polar surface area (TPSA) is 32.7 Å². The minimum atomic E-state index is 0.174. The Kier molecular flexibility index (Phi) is 4.18. The molecule has 1 heterocycles. The lowest BCUT2D eigenvalue weighted by Crippen LogP contribution is -2.36. The third kappa shape index (κ3) is 3.08. The molecule has 0 amide bonds. The summed E-state index contributed by atoms with van der Waals surface area (Å²) in [7, 11) is 0. The van der Waals surface area contributed by atoms with E-state index in [4.69, 9.17) is 9.84 Å². The number of benzene rings is 1. The van der Waals surface area contributed by atoms with Gasteiger partial charge in [0.1, 0.15) is 11.9 Å². The molecule has 2 rings (SSSR count). The maximum atomic E-state index is 8.99. The van der Waals surface area contributed by atoms with Gasteiger partial charge in [-0.25, -0.2) is 0 Å². The van der Waals surface area contributed by atoms with E-state index in [-0.39, 0.29) is 12.7 Å². The lowest BCUT2D eigenvalue weighted by molar-refractivity contribution is 0.138. The quantitative estimate of drug-likeness (QED) is 0.755. The molecule has 0 saturated heterocycles. The predicted molar refractivity (Wildman–Crippen MR) is 68.3 cm³/mol. The molecule has 1 N–H and O–H groups in total. The molecule has 17 heavy (non-hydrogen) atoms. The van der Waals surface area contributed by atoms with Crippen molar-refractivity contribution in [1.82, 2.24) is 4.90 Å². The molecular formula is C14H19NO2. The van der Waals surface area contributed by atoms with Crippen LogP contribution < -0.4 is 4.74 Å². The number of aliphatic hydroxyl groups excluding tert-OH is 1. The number of para-hydroxylation sites is 1. The SMILES string of the molecule is C=CCN(CCO)CC1Cc2ccccc2O1. The van der Waals surface area contributed by atoms with Gasteiger partial charge >= 0.3 is 0 Å². The number of fused-ring (bicyclic) bond motifs is 1. The second kappa shape index (κ2) is 5.84. The smallest absolute Gasteiger partial charge is 0.123 e. The number of hydrogen-bond donors (Lipinski definition) is 1. The summed E-state index contributed by atoms with van der Waals surface area (Å²) >= 11 is 0. The van der Waals surface area contributed by atoms with E-state index in [1.54, 1.807) is 0 Å². The van der Waals surface area contributed by atoms with Crippen LogP contribution in [0.5, 0.6) is 5.75 Å². The summed E-state index contributed by atoms with van der Waals surface area (Å²) in [6.07, 6.45) is 3.01. The molecule has 0 spiro atoms. The zero-order chi connectivity index (χ0) is 12.1. The largest absolute Gasteiger partial charge is 0.488 e. The van der Waals surface area contributed by atoms with E-state index >= 15 is 0 Å². The molecule has 0 bridgehead atoms. The Labute approximate surface area is 102 Å². The molecule has 0 fully saturated rings. The highest BCUT2D eigenvalue weighted by Gasteiger charge is 2.23. The number of ether oxygens (including phenoxy) is 1. The van der Waals surface area contributed by atoms with Gasteiger partial charge in [0.25, 0.3) is 0 Å². The summed E-state index contributed by atoms with van der Waals surface area (Å²) in [5.74, 6) is 1.00. The van der Waals surface area contributed by atoms with Crippen LogP contribution in [-0.4, -0.2) is 42.4 Å². The average Bonchev–Trinajstić information content (AvgIpc) is 2.71. The van der Waals surface area contributed by atoms with Gasteiger partial charge in [-0.05, 0) is 11.6 Å². The summed E-state index contributed by atoms with van der Waals surface area (Å²) in [4.78, 5) is 2.16. The molecule has 92 valence electrons. The second-order valence-electron chi connectivity index (χ2n) is 4.32. The molecule has 1 aliphatic rings. The van der Waals surface area contributed by atoms with E-state index < -0.39 is 0 Å². The molecular weight excluding hydrogens is 214 g/mol. The fourth-order valence-corrected chi connectivity index (χ4v) is 2.22. The van der Waals surface area contributed by atoms with Crippen molar-refractivity contribution in [1.29, 1.82) is 0 Å². The average molecular weight is 233 g/mol. The molecule has 0 saturated carbocycles. The van der Waals surface area contributed by atoms with E-state index in [9.17, 15) is 0 Å². The summed E-state index contributed by atoms with van der Waals surface area (Å²) in [5.41, 5.74) is 1.28. The van der Waals surface area contributed by atoms with Crippen molar-refractivity contribution in [2.45, 2.75) is 12.5 Å². The molecule has 1 unspecified atom stereocenters. The van der Waals surface area contributed by atoms with Crippen LogP contribution in [0.1, 0.15) is 5.56 Å². The second-order valence-corrected chi connectivity index (χ2v) is 4.32. The van der Waals surface area contributed by atoms with Gasteiger partial charge < -0.3 is 9.84 Å². The number of rotatable bonds is 6. The number of aliphatic hydroxyl groups is 1. The monoisotopic (exact) mass is 233 g/mol. The minimum Gasteiger partial charge on any atom is -0.488 e. The maximum absolute atomic E-state index is 8.99. The van der Waals surface area contributed by atoms with Crippen molar-refractivity contribution in [3.05, 3.63) is 42.5 Å².